The number of nitrogens with one attached hydrogen (secondary N) is 2. The summed E-state index contributed by atoms with van der Waals surface area (Å²) in [4.78, 5) is 11.0. The summed E-state index contributed by atoms with van der Waals surface area (Å²) in [5.41, 5.74) is 1.36. The summed E-state index contributed by atoms with van der Waals surface area (Å²) in [5, 5.41) is 2.50. The fraction of sp³-hybridized carbons (Fsp3) is 0.417. The van der Waals surface area contributed by atoms with Crippen molar-refractivity contribution in [3.63, 3.8) is 0 Å². The first-order valence-corrected chi connectivity index (χ1v) is 8.13. The van der Waals surface area contributed by atoms with E-state index in [-0.39, 0.29) is 12.3 Å². The molecule has 0 saturated heterocycles. The molecule has 0 aliphatic carbocycles. The van der Waals surface area contributed by atoms with E-state index in [9.17, 15) is 13.2 Å². The first-order chi connectivity index (χ1) is 9.46. The zero-order chi connectivity index (χ0) is 15.0. The monoisotopic (exact) mass is 320 g/mol. The summed E-state index contributed by atoms with van der Waals surface area (Å²) in [6, 6.07) is 6.77. The molecule has 1 aromatic rings. The molecule has 112 valence electrons. The molecule has 8 heteroatoms. The van der Waals surface area contributed by atoms with Crippen molar-refractivity contribution in [3.05, 3.63) is 29.8 Å². The van der Waals surface area contributed by atoms with Gasteiger partial charge in [0.15, 0.2) is 0 Å². The normalized spacial score (nSPS) is 11.1. The standard InChI is InChI=1S/C12H17ClN2O4S/c1-19-12(16)15-11-5-3-10(4-6-11)9-14-20(17,18)8-2-7-13/h3-6,14H,2,7-9H2,1H3,(H,15,16). The lowest BCUT2D eigenvalue weighted by atomic mass is 10.2. The summed E-state index contributed by atoms with van der Waals surface area (Å²) in [6.45, 7) is 0.198. The van der Waals surface area contributed by atoms with Gasteiger partial charge >= 0.3 is 6.09 Å². The molecule has 1 aromatic carbocycles. The summed E-state index contributed by atoms with van der Waals surface area (Å²) in [7, 11) is -2.02. The number of halogens is 1. The summed E-state index contributed by atoms with van der Waals surface area (Å²) < 4.78 is 30.1. The van der Waals surface area contributed by atoms with E-state index in [2.05, 4.69) is 14.8 Å². The van der Waals surface area contributed by atoms with Crippen LogP contribution in [0.2, 0.25) is 0 Å². The average molecular weight is 321 g/mol. The molecule has 0 bridgehead atoms. The van der Waals surface area contributed by atoms with Crippen LogP contribution in [-0.2, 0) is 21.3 Å². The first-order valence-electron chi connectivity index (χ1n) is 5.94. The van der Waals surface area contributed by atoms with E-state index in [4.69, 9.17) is 11.6 Å². The Hall–Kier alpha value is -1.31. The van der Waals surface area contributed by atoms with Gasteiger partial charge < -0.3 is 4.74 Å². The number of alkyl halides is 1. The molecular weight excluding hydrogens is 304 g/mol. The number of carbonyl (C=O) groups is 1. The highest BCUT2D eigenvalue weighted by atomic mass is 35.5. The second-order valence-electron chi connectivity index (χ2n) is 4.00. The molecule has 2 N–H and O–H groups in total. The predicted octanol–water partition coefficient (Wildman–Crippen LogP) is 1.91. The maximum atomic E-state index is 11.6. The smallest absolute Gasteiger partial charge is 0.411 e. The van der Waals surface area contributed by atoms with E-state index < -0.39 is 16.1 Å². The van der Waals surface area contributed by atoms with Crippen molar-refractivity contribution in [1.29, 1.82) is 0 Å². The number of sulfonamides is 1. The first kappa shape index (κ1) is 16.7. The molecule has 0 fully saturated rings. The fourth-order valence-corrected chi connectivity index (χ4v) is 2.73. The van der Waals surface area contributed by atoms with Gasteiger partial charge in [0.25, 0.3) is 0 Å². The summed E-state index contributed by atoms with van der Waals surface area (Å²) in [5.74, 6) is 0.327. The number of rotatable bonds is 7. The van der Waals surface area contributed by atoms with E-state index in [0.717, 1.165) is 5.56 Å². The van der Waals surface area contributed by atoms with Crippen molar-refractivity contribution >= 4 is 33.4 Å². The van der Waals surface area contributed by atoms with Gasteiger partial charge in [-0.1, -0.05) is 12.1 Å². The Morgan fingerprint density at radius 2 is 1.95 bits per heavy atom. The van der Waals surface area contributed by atoms with Gasteiger partial charge in [0, 0.05) is 18.1 Å². The van der Waals surface area contributed by atoms with Gasteiger partial charge in [0.05, 0.1) is 12.9 Å². The maximum absolute atomic E-state index is 11.6. The van der Waals surface area contributed by atoms with Crippen molar-refractivity contribution in [2.45, 2.75) is 13.0 Å². The number of carbonyl (C=O) groups excluding carboxylic acids is 1. The lowest BCUT2D eigenvalue weighted by Crippen LogP contribution is -2.26. The molecule has 20 heavy (non-hydrogen) atoms. The van der Waals surface area contributed by atoms with Crippen molar-refractivity contribution in [3.8, 4) is 0 Å². The SMILES string of the molecule is COC(=O)Nc1ccc(CNS(=O)(=O)CCCCl)cc1. The summed E-state index contributed by atoms with van der Waals surface area (Å²) >= 11 is 5.46. The minimum absolute atomic E-state index is 0.0124. The largest absolute Gasteiger partial charge is 0.453 e. The Labute approximate surface area is 123 Å². The topological polar surface area (TPSA) is 84.5 Å². The average Bonchev–Trinajstić information content (AvgIpc) is 2.44. The zero-order valence-corrected chi connectivity index (χ0v) is 12.6. The fourth-order valence-electron chi connectivity index (χ4n) is 1.38. The zero-order valence-electron chi connectivity index (χ0n) is 11.1. The molecule has 0 aromatic heterocycles. The van der Waals surface area contributed by atoms with Gasteiger partial charge in [-0.25, -0.2) is 17.9 Å². The molecule has 6 nitrogen and oxygen atoms in total. The Morgan fingerprint density at radius 3 is 2.50 bits per heavy atom. The van der Waals surface area contributed by atoms with Gasteiger partial charge in [0.1, 0.15) is 0 Å². The number of ether oxygens (including phenoxy) is 1. The van der Waals surface area contributed by atoms with Crippen LogP contribution in [0.3, 0.4) is 0 Å². The van der Waals surface area contributed by atoms with Crippen LogP contribution in [0, 0.1) is 0 Å². The molecule has 0 saturated carbocycles. The minimum atomic E-state index is -3.30. The molecule has 0 aliphatic rings. The highest BCUT2D eigenvalue weighted by molar-refractivity contribution is 7.89. The predicted molar refractivity (Wildman–Crippen MR) is 78.4 cm³/mol. The Kier molecular flexibility index (Phi) is 6.77. The van der Waals surface area contributed by atoms with Crippen LogP contribution in [0.15, 0.2) is 24.3 Å². The number of hydrogen-bond donors (Lipinski definition) is 2. The van der Waals surface area contributed by atoms with Gasteiger partial charge in [-0.3, -0.25) is 5.32 Å². The van der Waals surface area contributed by atoms with Gasteiger partial charge in [-0.2, -0.15) is 0 Å². The molecule has 0 spiro atoms. The van der Waals surface area contributed by atoms with Crippen molar-refractivity contribution in [1.82, 2.24) is 4.72 Å². The van der Waals surface area contributed by atoms with E-state index in [1.165, 1.54) is 7.11 Å². The van der Waals surface area contributed by atoms with Crippen molar-refractivity contribution in [2.75, 3.05) is 24.1 Å². The quantitative estimate of drug-likeness (QED) is 0.752. The van der Waals surface area contributed by atoms with E-state index in [1.54, 1.807) is 24.3 Å². The van der Waals surface area contributed by atoms with Crippen molar-refractivity contribution < 1.29 is 17.9 Å². The second kappa shape index (κ2) is 8.08. The molecular formula is C12H17ClN2O4S. The van der Waals surface area contributed by atoms with Crippen LogP contribution >= 0.6 is 11.6 Å². The van der Waals surface area contributed by atoms with Crippen LogP contribution in [0.1, 0.15) is 12.0 Å². The van der Waals surface area contributed by atoms with E-state index in [1.807, 2.05) is 0 Å². The maximum Gasteiger partial charge on any atom is 0.411 e. The number of anilines is 1. The number of amides is 1. The van der Waals surface area contributed by atoms with Gasteiger partial charge in [-0.05, 0) is 24.1 Å². The van der Waals surface area contributed by atoms with Crippen LogP contribution in [0.25, 0.3) is 0 Å². The van der Waals surface area contributed by atoms with Crippen LogP contribution in [0.4, 0.5) is 10.5 Å². The number of benzene rings is 1. The number of methoxy groups -OCH3 is 1. The van der Waals surface area contributed by atoms with Crippen LogP contribution < -0.4 is 10.0 Å². The lowest BCUT2D eigenvalue weighted by molar-refractivity contribution is 0.187. The molecule has 1 amide bonds. The molecule has 0 heterocycles. The Morgan fingerprint density at radius 1 is 1.30 bits per heavy atom. The Balaban J connectivity index is 2.51. The summed E-state index contributed by atoms with van der Waals surface area (Å²) in [6.07, 6.45) is -0.140. The van der Waals surface area contributed by atoms with Crippen LogP contribution in [0.5, 0.6) is 0 Å². The van der Waals surface area contributed by atoms with Crippen molar-refractivity contribution in [2.24, 2.45) is 0 Å². The number of hydrogen-bond acceptors (Lipinski definition) is 4. The molecule has 0 atom stereocenters. The highest BCUT2D eigenvalue weighted by Gasteiger charge is 2.09. The second-order valence-corrected chi connectivity index (χ2v) is 6.30. The molecule has 1 rings (SSSR count). The highest BCUT2D eigenvalue weighted by Crippen LogP contribution is 2.10. The Bertz CT molecular complexity index is 531. The third kappa shape index (κ3) is 6.23. The molecule has 0 unspecified atom stereocenters. The molecule has 0 radical (unpaired) electrons. The molecule has 0 aliphatic heterocycles. The van der Waals surface area contributed by atoms with E-state index >= 15 is 0 Å². The third-order valence-electron chi connectivity index (χ3n) is 2.43. The lowest BCUT2D eigenvalue weighted by Gasteiger charge is -2.07. The van der Waals surface area contributed by atoms with E-state index in [0.29, 0.717) is 18.0 Å². The van der Waals surface area contributed by atoms with Gasteiger partial charge in [0.2, 0.25) is 10.0 Å². The van der Waals surface area contributed by atoms with Crippen LogP contribution in [-0.4, -0.2) is 33.3 Å². The minimum Gasteiger partial charge on any atom is -0.453 e. The van der Waals surface area contributed by atoms with Gasteiger partial charge in [-0.15, -0.1) is 11.6 Å². The third-order valence-corrected chi connectivity index (χ3v) is 4.11.